The Morgan fingerprint density at radius 3 is 2.50 bits per heavy atom. The molecule has 2 aliphatic rings. The van der Waals surface area contributed by atoms with E-state index in [0.29, 0.717) is 68.4 Å². The second-order valence-electron chi connectivity index (χ2n) is 9.21. The summed E-state index contributed by atoms with van der Waals surface area (Å²) in [5.41, 5.74) is 0.987. The molecule has 0 saturated carbocycles. The van der Waals surface area contributed by atoms with E-state index in [1.807, 2.05) is 24.8 Å². The molecule has 9 nitrogen and oxygen atoms in total. The van der Waals surface area contributed by atoms with Crippen LogP contribution in [0, 0.1) is 0 Å². The fourth-order valence-corrected chi connectivity index (χ4v) is 4.89. The lowest BCUT2D eigenvalue weighted by Crippen LogP contribution is -2.50. The Morgan fingerprint density at radius 2 is 1.78 bits per heavy atom. The summed E-state index contributed by atoms with van der Waals surface area (Å²) in [6, 6.07) is 8.97. The molecule has 2 saturated heterocycles. The standard InChI is InChI=1S/C25H31F2N7O2/c1-4-22(35)32-11-9-31(10-12-32)20-15-21(33-13-14-36-17(3)16(33)2)30-25(29-20)34-19-8-6-5-7-18(19)28-24(34)23(26)27/h5-8,15-17,23H,4,9-14H2,1-3H3/t16-,17+/m0/s1. The molecule has 2 aliphatic heterocycles. The van der Waals surface area contributed by atoms with Crippen LogP contribution in [-0.4, -0.2) is 81.8 Å². The van der Waals surface area contributed by atoms with Crippen LogP contribution in [0.25, 0.3) is 17.0 Å². The lowest BCUT2D eigenvalue weighted by atomic mass is 10.1. The normalized spacial score (nSPS) is 21.0. The van der Waals surface area contributed by atoms with Crippen LogP contribution < -0.4 is 9.80 Å². The summed E-state index contributed by atoms with van der Waals surface area (Å²) in [7, 11) is 0. The van der Waals surface area contributed by atoms with Gasteiger partial charge in [0.1, 0.15) is 11.6 Å². The molecule has 0 spiro atoms. The Morgan fingerprint density at radius 1 is 1.06 bits per heavy atom. The highest BCUT2D eigenvalue weighted by Crippen LogP contribution is 2.31. The number of carbonyl (C=O) groups is 1. The van der Waals surface area contributed by atoms with E-state index in [-0.39, 0.29) is 29.8 Å². The minimum Gasteiger partial charge on any atom is -0.375 e. The highest BCUT2D eigenvalue weighted by Gasteiger charge is 2.30. The maximum absolute atomic E-state index is 14.1. The van der Waals surface area contributed by atoms with Gasteiger partial charge in [0.05, 0.1) is 29.8 Å². The van der Waals surface area contributed by atoms with Gasteiger partial charge in [-0.15, -0.1) is 0 Å². The molecule has 0 unspecified atom stereocenters. The van der Waals surface area contributed by atoms with Gasteiger partial charge in [0, 0.05) is 45.2 Å². The van der Waals surface area contributed by atoms with Crippen LogP contribution in [0.4, 0.5) is 20.4 Å². The summed E-state index contributed by atoms with van der Waals surface area (Å²) in [4.78, 5) is 32.0. The molecular formula is C25H31F2N7O2. The average Bonchev–Trinajstić information content (AvgIpc) is 3.30. The first-order chi connectivity index (χ1) is 17.4. The molecule has 0 N–H and O–H groups in total. The molecular weight excluding hydrogens is 468 g/mol. The van der Waals surface area contributed by atoms with Gasteiger partial charge < -0.3 is 19.4 Å². The highest BCUT2D eigenvalue weighted by molar-refractivity contribution is 5.78. The summed E-state index contributed by atoms with van der Waals surface area (Å²) in [5, 5.41) is 0. The Kier molecular flexibility index (Phi) is 6.74. The van der Waals surface area contributed by atoms with Gasteiger partial charge in [-0.25, -0.2) is 13.8 Å². The topological polar surface area (TPSA) is 79.6 Å². The van der Waals surface area contributed by atoms with Gasteiger partial charge in [-0.3, -0.25) is 9.36 Å². The molecule has 3 aromatic rings. The van der Waals surface area contributed by atoms with Gasteiger partial charge >= 0.3 is 0 Å². The number of carbonyl (C=O) groups excluding carboxylic acids is 1. The molecule has 36 heavy (non-hydrogen) atoms. The fourth-order valence-electron chi connectivity index (χ4n) is 4.89. The third-order valence-electron chi connectivity index (χ3n) is 7.11. The number of aromatic nitrogens is 4. The van der Waals surface area contributed by atoms with Gasteiger partial charge in [0.25, 0.3) is 6.43 Å². The molecule has 4 heterocycles. The predicted molar refractivity (Wildman–Crippen MR) is 133 cm³/mol. The molecule has 0 aliphatic carbocycles. The number of nitrogens with zero attached hydrogens (tertiary/aromatic N) is 7. The molecule has 11 heteroatoms. The Hall–Kier alpha value is -3.34. The quantitative estimate of drug-likeness (QED) is 0.532. The van der Waals surface area contributed by atoms with E-state index >= 15 is 0 Å². The number of amides is 1. The molecule has 0 radical (unpaired) electrons. The van der Waals surface area contributed by atoms with Crippen molar-refractivity contribution in [1.82, 2.24) is 24.4 Å². The first-order valence-corrected chi connectivity index (χ1v) is 12.4. The maximum Gasteiger partial charge on any atom is 0.296 e. The number of hydrogen-bond donors (Lipinski definition) is 0. The van der Waals surface area contributed by atoms with Crippen molar-refractivity contribution < 1.29 is 18.3 Å². The molecule has 192 valence electrons. The number of para-hydroxylation sites is 2. The van der Waals surface area contributed by atoms with Crippen LogP contribution in [0.15, 0.2) is 30.3 Å². The van der Waals surface area contributed by atoms with E-state index in [0.717, 1.165) is 0 Å². The van der Waals surface area contributed by atoms with Crippen molar-refractivity contribution in [2.75, 3.05) is 49.1 Å². The van der Waals surface area contributed by atoms with Crippen LogP contribution in [-0.2, 0) is 9.53 Å². The monoisotopic (exact) mass is 499 g/mol. The minimum absolute atomic E-state index is 0.00471. The molecule has 2 atom stereocenters. The average molecular weight is 500 g/mol. The molecule has 2 aromatic heterocycles. The summed E-state index contributed by atoms with van der Waals surface area (Å²) in [6.45, 7) is 9.50. The van der Waals surface area contributed by atoms with Crippen LogP contribution in [0.3, 0.4) is 0 Å². The molecule has 5 rings (SSSR count). The Labute approximate surface area is 208 Å². The second kappa shape index (κ2) is 9.96. The first-order valence-electron chi connectivity index (χ1n) is 12.4. The Bertz CT molecular complexity index is 1240. The van der Waals surface area contributed by atoms with Crippen LogP contribution in [0.1, 0.15) is 39.4 Å². The zero-order valence-electron chi connectivity index (χ0n) is 20.8. The van der Waals surface area contributed by atoms with E-state index in [1.165, 1.54) is 4.57 Å². The third-order valence-corrected chi connectivity index (χ3v) is 7.11. The molecule has 1 aromatic carbocycles. The van der Waals surface area contributed by atoms with Crippen LogP contribution >= 0.6 is 0 Å². The zero-order chi connectivity index (χ0) is 25.4. The number of piperazine rings is 1. The van der Waals surface area contributed by atoms with Crippen molar-refractivity contribution >= 4 is 28.6 Å². The zero-order valence-corrected chi connectivity index (χ0v) is 20.8. The first kappa shape index (κ1) is 24.4. The molecule has 1 amide bonds. The SMILES string of the molecule is CCC(=O)N1CCN(c2cc(N3CCO[C@H](C)[C@@H]3C)nc(-n3c(C(F)F)nc4ccccc43)n2)CC1. The van der Waals surface area contributed by atoms with Crippen molar-refractivity contribution in [3.8, 4) is 5.95 Å². The van der Waals surface area contributed by atoms with E-state index in [2.05, 4.69) is 21.7 Å². The lowest BCUT2D eigenvalue weighted by Gasteiger charge is -2.39. The van der Waals surface area contributed by atoms with E-state index < -0.39 is 6.43 Å². The Balaban J connectivity index is 1.60. The van der Waals surface area contributed by atoms with Gasteiger partial charge in [-0.2, -0.15) is 9.97 Å². The summed E-state index contributed by atoms with van der Waals surface area (Å²) in [6.07, 6.45) is -2.33. The van der Waals surface area contributed by atoms with Crippen LogP contribution in [0.2, 0.25) is 0 Å². The van der Waals surface area contributed by atoms with E-state index in [1.54, 1.807) is 24.3 Å². The number of imidazole rings is 1. The summed E-state index contributed by atoms with van der Waals surface area (Å²) in [5.74, 6) is 1.19. The van der Waals surface area contributed by atoms with Gasteiger partial charge in [-0.1, -0.05) is 19.1 Å². The van der Waals surface area contributed by atoms with Crippen molar-refractivity contribution in [3.63, 3.8) is 0 Å². The largest absolute Gasteiger partial charge is 0.375 e. The highest BCUT2D eigenvalue weighted by atomic mass is 19.3. The van der Waals surface area contributed by atoms with Gasteiger partial charge in [0.2, 0.25) is 11.9 Å². The summed E-state index contributed by atoms with van der Waals surface area (Å²) >= 11 is 0. The minimum atomic E-state index is -2.79. The number of ether oxygens (including phenoxy) is 1. The number of halogens is 2. The molecule has 0 bridgehead atoms. The third kappa shape index (κ3) is 4.47. The maximum atomic E-state index is 14.1. The number of hydrogen-bond acceptors (Lipinski definition) is 7. The van der Waals surface area contributed by atoms with Crippen molar-refractivity contribution in [3.05, 3.63) is 36.2 Å². The smallest absolute Gasteiger partial charge is 0.296 e. The number of benzene rings is 1. The summed E-state index contributed by atoms with van der Waals surface area (Å²) < 4.78 is 35.4. The van der Waals surface area contributed by atoms with Gasteiger partial charge in [-0.05, 0) is 26.0 Å². The second-order valence-corrected chi connectivity index (χ2v) is 9.21. The predicted octanol–water partition coefficient (Wildman–Crippen LogP) is 3.43. The van der Waals surface area contributed by atoms with E-state index in [9.17, 15) is 13.6 Å². The van der Waals surface area contributed by atoms with Gasteiger partial charge in [0.15, 0.2) is 5.82 Å². The van der Waals surface area contributed by atoms with E-state index in [4.69, 9.17) is 14.7 Å². The van der Waals surface area contributed by atoms with Crippen molar-refractivity contribution in [1.29, 1.82) is 0 Å². The number of fused-ring (bicyclic) bond motifs is 1. The fraction of sp³-hybridized carbons (Fsp3) is 0.520. The number of alkyl halides is 2. The number of morpholine rings is 1. The van der Waals surface area contributed by atoms with Crippen LogP contribution in [0.5, 0.6) is 0 Å². The van der Waals surface area contributed by atoms with Crippen molar-refractivity contribution in [2.45, 2.75) is 45.8 Å². The molecule has 2 fully saturated rings. The van der Waals surface area contributed by atoms with Crippen molar-refractivity contribution in [2.24, 2.45) is 0 Å². The number of rotatable bonds is 5. The number of anilines is 2. The lowest BCUT2D eigenvalue weighted by molar-refractivity contribution is -0.131.